The van der Waals surface area contributed by atoms with Gasteiger partial charge in [0.2, 0.25) is 0 Å². The van der Waals surface area contributed by atoms with E-state index in [2.05, 4.69) is 49.9 Å². The summed E-state index contributed by atoms with van der Waals surface area (Å²) in [5.41, 5.74) is 3.06. The van der Waals surface area contributed by atoms with Crippen LogP contribution in [0.3, 0.4) is 0 Å². The summed E-state index contributed by atoms with van der Waals surface area (Å²) in [5.74, 6) is 0. The molecule has 1 unspecified atom stereocenters. The molecular weight excluding hydrogens is 170 g/mol. The molecule has 1 aromatic carbocycles. The van der Waals surface area contributed by atoms with Crippen LogP contribution in [0.5, 0.6) is 0 Å². The van der Waals surface area contributed by atoms with Gasteiger partial charge in [0.05, 0.1) is 0 Å². The van der Waals surface area contributed by atoms with Gasteiger partial charge in [-0.1, -0.05) is 24.3 Å². The van der Waals surface area contributed by atoms with E-state index in [1.54, 1.807) is 0 Å². The number of hydrogen-bond donors (Lipinski definition) is 0. The predicted molar refractivity (Wildman–Crippen MR) is 60.4 cm³/mol. The Bertz CT molecular complexity index is 317. The molecule has 1 aliphatic heterocycles. The molecule has 1 heterocycles. The minimum Gasteiger partial charge on any atom is -0.294 e. The van der Waals surface area contributed by atoms with Crippen molar-refractivity contribution in [3.8, 4) is 0 Å². The molecule has 0 aliphatic carbocycles. The second-order valence-corrected chi connectivity index (χ2v) is 4.46. The summed E-state index contributed by atoms with van der Waals surface area (Å²) in [7, 11) is 0. The Morgan fingerprint density at radius 1 is 1.29 bits per heavy atom. The molecule has 0 aromatic heterocycles. The monoisotopic (exact) mass is 189 g/mol. The molecule has 2 rings (SSSR count). The Hall–Kier alpha value is -0.820. The Morgan fingerprint density at radius 3 is 2.71 bits per heavy atom. The van der Waals surface area contributed by atoms with E-state index >= 15 is 0 Å². The van der Waals surface area contributed by atoms with Gasteiger partial charge in [-0.25, -0.2) is 0 Å². The third-order valence-electron chi connectivity index (χ3n) is 3.31. The molecule has 1 nitrogen and oxygen atoms in total. The van der Waals surface area contributed by atoms with E-state index in [1.807, 2.05) is 0 Å². The number of benzene rings is 1. The maximum atomic E-state index is 2.57. The maximum absolute atomic E-state index is 2.57. The second kappa shape index (κ2) is 3.74. The van der Waals surface area contributed by atoms with Crippen LogP contribution >= 0.6 is 0 Å². The molecule has 0 saturated heterocycles. The molecule has 0 fully saturated rings. The molecule has 14 heavy (non-hydrogen) atoms. The molecule has 0 bridgehead atoms. The van der Waals surface area contributed by atoms with Gasteiger partial charge in [0.25, 0.3) is 0 Å². The standard InChI is InChI=1S/C13H19N/c1-10(2)14-9-8-12-6-4-5-7-13(12)11(14)3/h4-7,10-11H,8-9H2,1-3H3. The fourth-order valence-corrected chi connectivity index (χ4v) is 2.50. The van der Waals surface area contributed by atoms with E-state index < -0.39 is 0 Å². The van der Waals surface area contributed by atoms with Crippen molar-refractivity contribution in [1.82, 2.24) is 4.90 Å². The largest absolute Gasteiger partial charge is 0.294 e. The summed E-state index contributed by atoms with van der Waals surface area (Å²) in [6.45, 7) is 8.09. The van der Waals surface area contributed by atoms with Gasteiger partial charge in [-0.05, 0) is 38.3 Å². The quantitative estimate of drug-likeness (QED) is 0.656. The van der Waals surface area contributed by atoms with E-state index in [4.69, 9.17) is 0 Å². The number of rotatable bonds is 1. The molecule has 1 aliphatic rings. The Kier molecular flexibility index (Phi) is 2.60. The lowest BCUT2D eigenvalue weighted by atomic mass is 9.93. The molecule has 1 aromatic rings. The molecule has 0 amide bonds. The van der Waals surface area contributed by atoms with Crippen molar-refractivity contribution in [3.05, 3.63) is 35.4 Å². The van der Waals surface area contributed by atoms with Crippen LogP contribution in [0, 0.1) is 0 Å². The molecular formula is C13H19N. The first-order valence-corrected chi connectivity index (χ1v) is 5.53. The average Bonchev–Trinajstić information content (AvgIpc) is 2.18. The van der Waals surface area contributed by atoms with Gasteiger partial charge in [-0.2, -0.15) is 0 Å². The zero-order chi connectivity index (χ0) is 10.1. The SMILES string of the molecule is CC(C)N1CCc2ccccc2C1C. The molecule has 0 radical (unpaired) electrons. The summed E-state index contributed by atoms with van der Waals surface area (Å²) >= 11 is 0. The van der Waals surface area contributed by atoms with Crippen LogP contribution in [0.25, 0.3) is 0 Å². The van der Waals surface area contributed by atoms with Gasteiger partial charge < -0.3 is 0 Å². The van der Waals surface area contributed by atoms with Crippen LogP contribution in [-0.4, -0.2) is 17.5 Å². The smallest absolute Gasteiger partial charge is 0.0325 e. The molecule has 1 heteroatoms. The Labute approximate surface area is 86.7 Å². The predicted octanol–water partition coefficient (Wildman–Crippen LogP) is 3.01. The lowest BCUT2D eigenvalue weighted by Crippen LogP contribution is -2.38. The maximum Gasteiger partial charge on any atom is 0.0325 e. The fourth-order valence-electron chi connectivity index (χ4n) is 2.50. The van der Waals surface area contributed by atoms with Crippen LogP contribution in [0.2, 0.25) is 0 Å². The van der Waals surface area contributed by atoms with Crippen LogP contribution in [0.1, 0.15) is 37.9 Å². The number of nitrogens with zero attached hydrogens (tertiary/aromatic N) is 1. The number of fused-ring (bicyclic) bond motifs is 1. The summed E-state index contributed by atoms with van der Waals surface area (Å²) in [5, 5.41) is 0. The minimum atomic E-state index is 0.583. The molecule has 1 atom stereocenters. The first-order valence-electron chi connectivity index (χ1n) is 5.53. The summed E-state index contributed by atoms with van der Waals surface area (Å²) in [6.07, 6.45) is 1.21. The molecule has 0 spiro atoms. The van der Waals surface area contributed by atoms with Crippen LogP contribution < -0.4 is 0 Å². The first-order chi connectivity index (χ1) is 6.70. The molecule has 76 valence electrons. The minimum absolute atomic E-state index is 0.583. The van der Waals surface area contributed by atoms with E-state index in [-0.39, 0.29) is 0 Å². The summed E-state index contributed by atoms with van der Waals surface area (Å²) in [6, 6.07) is 10.1. The second-order valence-electron chi connectivity index (χ2n) is 4.46. The van der Waals surface area contributed by atoms with Crippen molar-refractivity contribution < 1.29 is 0 Å². The van der Waals surface area contributed by atoms with E-state index in [0.29, 0.717) is 12.1 Å². The highest BCUT2D eigenvalue weighted by atomic mass is 15.2. The average molecular weight is 189 g/mol. The van der Waals surface area contributed by atoms with Gasteiger partial charge in [0.15, 0.2) is 0 Å². The highest BCUT2D eigenvalue weighted by Gasteiger charge is 2.24. The van der Waals surface area contributed by atoms with Crippen LogP contribution in [0.15, 0.2) is 24.3 Å². The van der Waals surface area contributed by atoms with Crippen molar-refractivity contribution >= 4 is 0 Å². The van der Waals surface area contributed by atoms with E-state index in [9.17, 15) is 0 Å². The van der Waals surface area contributed by atoms with Crippen molar-refractivity contribution in [2.45, 2.75) is 39.3 Å². The van der Waals surface area contributed by atoms with Crippen molar-refractivity contribution in [2.75, 3.05) is 6.54 Å². The summed E-state index contributed by atoms with van der Waals surface area (Å²) in [4.78, 5) is 2.57. The lowest BCUT2D eigenvalue weighted by Gasteiger charge is -2.38. The number of hydrogen-bond acceptors (Lipinski definition) is 1. The normalized spacial score (nSPS) is 22.4. The zero-order valence-corrected chi connectivity index (χ0v) is 9.33. The van der Waals surface area contributed by atoms with Crippen molar-refractivity contribution in [3.63, 3.8) is 0 Å². The zero-order valence-electron chi connectivity index (χ0n) is 9.33. The van der Waals surface area contributed by atoms with Gasteiger partial charge in [0, 0.05) is 18.6 Å². The van der Waals surface area contributed by atoms with Crippen molar-refractivity contribution in [1.29, 1.82) is 0 Å². The third kappa shape index (κ3) is 1.57. The third-order valence-corrected chi connectivity index (χ3v) is 3.31. The van der Waals surface area contributed by atoms with Gasteiger partial charge in [0.1, 0.15) is 0 Å². The molecule has 0 saturated carbocycles. The van der Waals surface area contributed by atoms with Gasteiger partial charge in [-0.3, -0.25) is 4.90 Å². The topological polar surface area (TPSA) is 3.24 Å². The Morgan fingerprint density at radius 2 is 2.00 bits per heavy atom. The highest BCUT2D eigenvalue weighted by molar-refractivity contribution is 5.32. The summed E-state index contributed by atoms with van der Waals surface area (Å²) < 4.78 is 0. The van der Waals surface area contributed by atoms with Crippen molar-refractivity contribution in [2.24, 2.45) is 0 Å². The van der Waals surface area contributed by atoms with Gasteiger partial charge >= 0.3 is 0 Å². The van der Waals surface area contributed by atoms with Gasteiger partial charge in [-0.15, -0.1) is 0 Å². The van der Waals surface area contributed by atoms with Crippen LogP contribution in [0.4, 0.5) is 0 Å². The van der Waals surface area contributed by atoms with E-state index in [1.165, 1.54) is 24.1 Å². The lowest BCUT2D eigenvalue weighted by molar-refractivity contribution is 0.154. The van der Waals surface area contributed by atoms with E-state index in [0.717, 1.165) is 0 Å². The Balaban J connectivity index is 2.31. The first kappa shape index (κ1) is 9.72. The van der Waals surface area contributed by atoms with Crippen LogP contribution in [-0.2, 0) is 6.42 Å². The fraction of sp³-hybridized carbons (Fsp3) is 0.538. The highest BCUT2D eigenvalue weighted by Crippen LogP contribution is 2.30. The molecule has 0 N–H and O–H groups in total.